The Morgan fingerprint density at radius 1 is 1.09 bits per heavy atom. The molecule has 172 valence electrons. The van der Waals surface area contributed by atoms with Crippen molar-refractivity contribution in [2.24, 2.45) is 0 Å². The molecule has 2 amide bonds. The number of hydrogen-bond donors (Lipinski definition) is 2. The number of anilines is 2. The van der Waals surface area contributed by atoms with Crippen LogP contribution in [0.1, 0.15) is 17.0 Å². The van der Waals surface area contributed by atoms with Crippen molar-refractivity contribution < 1.29 is 14.3 Å². The minimum absolute atomic E-state index is 0.0220. The zero-order valence-electron chi connectivity index (χ0n) is 18.9. The van der Waals surface area contributed by atoms with E-state index in [-0.39, 0.29) is 24.0 Å². The van der Waals surface area contributed by atoms with Gasteiger partial charge in [-0.2, -0.15) is 0 Å². The lowest BCUT2D eigenvalue weighted by atomic mass is 10.1. The van der Waals surface area contributed by atoms with Crippen molar-refractivity contribution in [1.29, 1.82) is 0 Å². The summed E-state index contributed by atoms with van der Waals surface area (Å²) in [7, 11) is 1.55. The molecule has 3 rings (SSSR count). The van der Waals surface area contributed by atoms with Crippen molar-refractivity contribution in [2.45, 2.75) is 32.0 Å². The number of para-hydroxylation sites is 2. The minimum atomic E-state index is -0.249. The van der Waals surface area contributed by atoms with Crippen LogP contribution in [0.25, 0.3) is 0 Å². The molecule has 1 aromatic heterocycles. The quantitative estimate of drug-likeness (QED) is 0.347. The third kappa shape index (κ3) is 6.69. The largest absolute Gasteiger partial charge is 0.495 e. The third-order valence-corrected chi connectivity index (χ3v) is 5.61. The maximum atomic E-state index is 12.6. The molecule has 0 aliphatic rings. The predicted molar refractivity (Wildman–Crippen MR) is 131 cm³/mol. The minimum Gasteiger partial charge on any atom is -0.495 e. The van der Waals surface area contributed by atoms with Crippen LogP contribution in [-0.2, 0) is 22.6 Å². The number of carbonyl (C=O) groups is 2. The third-order valence-electron chi connectivity index (χ3n) is 4.64. The molecule has 0 radical (unpaired) electrons. The van der Waals surface area contributed by atoms with Gasteiger partial charge in [-0.25, -0.2) is 0 Å². The molecule has 2 aromatic carbocycles. The van der Waals surface area contributed by atoms with Gasteiger partial charge in [0.25, 0.3) is 0 Å². The first-order chi connectivity index (χ1) is 15.9. The van der Waals surface area contributed by atoms with Crippen LogP contribution in [0.3, 0.4) is 0 Å². The number of rotatable bonds is 10. The summed E-state index contributed by atoms with van der Waals surface area (Å²) in [5.74, 6) is 0.828. The van der Waals surface area contributed by atoms with Gasteiger partial charge >= 0.3 is 0 Å². The summed E-state index contributed by atoms with van der Waals surface area (Å²) in [6, 6.07) is 13.1. The molecule has 0 fully saturated rings. The Morgan fingerprint density at radius 2 is 1.82 bits per heavy atom. The van der Waals surface area contributed by atoms with Gasteiger partial charge in [0, 0.05) is 12.2 Å². The Kier molecular flexibility index (Phi) is 8.26. The SMILES string of the molecule is C=CCn1c(CC(=O)Nc2ccccc2OC)nnc1SCC(=O)Nc1cc(C)cc(C)c1. The molecule has 1 heterocycles. The van der Waals surface area contributed by atoms with E-state index in [2.05, 4.69) is 27.4 Å². The standard InChI is InChI=1S/C24H27N5O3S/c1-5-10-29-21(14-22(30)26-19-8-6-7-9-20(19)32-4)27-28-24(29)33-15-23(31)25-18-12-16(2)11-17(3)13-18/h5-9,11-13H,1,10,14-15H2,2-4H3,(H,25,31)(H,26,30). The Balaban J connectivity index is 1.64. The van der Waals surface area contributed by atoms with E-state index in [1.807, 2.05) is 44.2 Å². The number of nitrogens with one attached hydrogen (secondary N) is 2. The number of allylic oxidation sites excluding steroid dienone is 1. The number of hydrogen-bond acceptors (Lipinski definition) is 6. The Hall–Kier alpha value is -3.59. The molecule has 0 atom stereocenters. The van der Waals surface area contributed by atoms with Crippen molar-refractivity contribution in [2.75, 3.05) is 23.5 Å². The van der Waals surface area contributed by atoms with Gasteiger partial charge in [0.2, 0.25) is 11.8 Å². The normalized spacial score (nSPS) is 10.5. The number of nitrogens with zero attached hydrogens (tertiary/aromatic N) is 3. The number of aryl methyl sites for hydroxylation is 2. The summed E-state index contributed by atoms with van der Waals surface area (Å²) in [6.07, 6.45) is 1.72. The summed E-state index contributed by atoms with van der Waals surface area (Å²) < 4.78 is 7.05. The number of amides is 2. The van der Waals surface area contributed by atoms with Crippen molar-refractivity contribution in [3.05, 3.63) is 72.1 Å². The molecule has 0 unspecified atom stereocenters. The highest BCUT2D eigenvalue weighted by Crippen LogP contribution is 2.24. The highest BCUT2D eigenvalue weighted by molar-refractivity contribution is 7.99. The monoisotopic (exact) mass is 465 g/mol. The lowest BCUT2D eigenvalue weighted by Gasteiger charge is -2.11. The van der Waals surface area contributed by atoms with E-state index in [1.165, 1.54) is 11.8 Å². The number of carbonyl (C=O) groups excluding carboxylic acids is 2. The second kappa shape index (κ2) is 11.3. The Morgan fingerprint density at radius 3 is 2.52 bits per heavy atom. The summed E-state index contributed by atoms with van der Waals surface area (Å²) in [4.78, 5) is 25.0. The van der Waals surface area contributed by atoms with Crippen LogP contribution >= 0.6 is 11.8 Å². The molecule has 0 spiro atoms. The lowest BCUT2D eigenvalue weighted by Crippen LogP contribution is -2.18. The molecule has 9 heteroatoms. The van der Waals surface area contributed by atoms with Gasteiger partial charge in [-0.1, -0.05) is 36.0 Å². The molecule has 3 aromatic rings. The van der Waals surface area contributed by atoms with Crippen molar-refractivity contribution in [3.8, 4) is 5.75 Å². The predicted octanol–water partition coefficient (Wildman–Crippen LogP) is 4.00. The molecule has 8 nitrogen and oxygen atoms in total. The average Bonchev–Trinajstić information content (AvgIpc) is 3.13. The zero-order chi connectivity index (χ0) is 23.8. The maximum absolute atomic E-state index is 12.6. The topological polar surface area (TPSA) is 98.1 Å². The van der Waals surface area contributed by atoms with E-state index < -0.39 is 0 Å². The summed E-state index contributed by atoms with van der Waals surface area (Å²) in [5.41, 5.74) is 3.51. The Labute approximate surface area is 197 Å². The van der Waals surface area contributed by atoms with Crippen LogP contribution < -0.4 is 15.4 Å². The number of methoxy groups -OCH3 is 1. The van der Waals surface area contributed by atoms with Crippen LogP contribution in [0.4, 0.5) is 11.4 Å². The van der Waals surface area contributed by atoms with Crippen LogP contribution in [0.5, 0.6) is 5.75 Å². The number of thioether (sulfide) groups is 1. The summed E-state index contributed by atoms with van der Waals surface area (Å²) in [6.45, 7) is 8.17. The van der Waals surface area contributed by atoms with Crippen LogP contribution in [0.2, 0.25) is 0 Å². The van der Waals surface area contributed by atoms with Crippen LogP contribution in [0.15, 0.2) is 60.3 Å². The molecule has 2 N–H and O–H groups in total. The fraction of sp³-hybridized carbons (Fsp3) is 0.250. The van der Waals surface area contributed by atoms with Gasteiger partial charge in [-0.05, 0) is 49.2 Å². The van der Waals surface area contributed by atoms with E-state index in [0.717, 1.165) is 16.8 Å². The van der Waals surface area contributed by atoms with Gasteiger partial charge in [-0.15, -0.1) is 16.8 Å². The summed E-state index contributed by atoms with van der Waals surface area (Å²) in [5, 5.41) is 14.6. The average molecular weight is 466 g/mol. The van der Waals surface area contributed by atoms with Gasteiger partial charge in [0.1, 0.15) is 11.6 Å². The first-order valence-electron chi connectivity index (χ1n) is 10.4. The van der Waals surface area contributed by atoms with Gasteiger partial charge in [0.15, 0.2) is 5.16 Å². The highest BCUT2D eigenvalue weighted by Gasteiger charge is 2.17. The zero-order valence-corrected chi connectivity index (χ0v) is 19.7. The molecule has 0 saturated carbocycles. The van der Waals surface area contributed by atoms with Crippen LogP contribution in [-0.4, -0.2) is 39.4 Å². The molecule has 0 bridgehead atoms. The molecular formula is C24H27N5O3S. The number of aromatic nitrogens is 3. The molecule has 0 aliphatic carbocycles. The first kappa shape index (κ1) is 24.1. The summed E-state index contributed by atoms with van der Waals surface area (Å²) >= 11 is 1.26. The molecule has 33 heavy (non-hydrogen) atoms. The molecule has 0 saturated heterocycles. The molecule has 0 aliphatic heterocycles. The fourth-order valence-corrected chi connectivity index (χ4v) is 4.10. The van der Waals surface area contributed by atoms with Gasteiger partial charge < -0.3 is 19.9 Å². The van der Waals surface area contributed by atoms with Gasteiger partial charge in [0.05, 0.1) is 25.0 Å². The smallest absolute Gasteiger partial charge is 0.234 e. The second-order valence-corrected chi connectivity index (χ2v) is 8.38. The van der Waals surface area contributed by atoms with Crippen LogP contribution in [0, 0.1) is 13.8 Å². The maximum Gasteiger partial charge on any atom is 0.234 e. The number of benzene rings is 2. The van der Waals surface area contributed by atoms with Crippen molar-refractivity contribution >= 4 is 35.0 Å². The fourth-order valence-electron chi connectivity index (χ4n) is 3.33. The van der Waals surface area contributed by atoms with E-state index in [4.69, 9.17) is 4.74 Å². The molecular weight excluding hydrogens is 438 g/mol. The number of ether oxygens (including phenoxy) is 1. The van der Waals surface area contributed by atoms with E-state index in [0.29, 0.717) is 29.0 Å². The lowest BCUT2D eigenvalue weighted by molar-refractivity contribution is -0.116. The van der Waals surface area contributed by atoms with E-state index in [1.54, 1.807) is 29.9 Å². The van der Waals surface area contributed by atoms with E-state index >= 15 is 0 Å². The van der Waals surface area contributed by atoms with Crippen molar-refractivity contribution in [1.82, 2.24) is 14.8 Å². The Bertz CT molecular complexity index is 1140. The van der Waals surface area contributed by atoms with Gasteiger partial charge in [-0.3, -0.25) is 9.59 Å². The highest BCUT2D eigenvalue weighted by atomic mass is 32.2. The van der Waals surface area contributed by atoms with E-state index in [9.17, 15) is 9.59 Å². The second-order valence-electron chi connectivity index (χ2n) is 7.44. The first-order valence-corrected chi connectivity index (χ1v) is 11.3. The van der Waals surface area contributed by atoms with Crippen molar-refractivity contribution in [3.63, 3.8) is 0 Å².